The first-order valence-corrected chi connectivity index (χ1v) is 19.6. The second-order valence-corrected chi connectivity index (χ2v) is 15.7. The van der Waals surface area contributed by atoms with Crippen molar-refractivity contribution < 1.29 is 44.3 Å². The minimum Gasteiger partial charge on any atom is -0.461 e. The highest BCUT2D eigenvalue weighted by atomic mass is 79.9. The normalized spacial score (nSPS) is 11.4. The van der Waals surface area contributed by atoms with Gasteiger partial charge in [0.05, 0.1) is 44.4 Å². The summed E-state index contributed by atoms with van der Waals surface area (Å²) in [5.41, 5.74) is 2.08. The Morgan fingerprint density at radius 3 is 1.64 bits per heavy atom. The van der Waals surface area contributed by atoms with E-state index >= 15 is 0 Å². The summed E-state index contributed by atoms with van der Waals surface area (Å²) in [5.74, 6) is -1.33. The van der Waals surface area contributed by atoms with Gasteiger partial charge in [-0.2, -0.15) is 16.8 Å². The molecular weight excluding hydrogens is 867 g/mol. The maximum absolute atomic E-state index is 12.2. The van der Waals surface area contributed by atoms with Gasteiger partial charge in [0.25, 0.3) is 20.2 Å². The lowest BCUT2D eigenvalue weighted by molar-refractivity contribution is 0.0509. The molecule has 0 radical (unpaired) electrons. The number of benzene rings is 2. The highest BCUT2D eigenvalue weighted by molar-refractivity contribution is 9.10. The summed E-state index contributed by atoms with van der Waals surface area (Å²) in [7, 11) is -7.92. The molecule has 0 saturated carbocycles. The molecule has 0 N–H and O–H groups in total. The van der Waals surface area contributed by atoms with E-state index in [9.17, 15) is 26.4 Å². The number of esters is 2. The standard InChI is InChI=1S/2C16H15BrClNO5S/c1-3-23-16(20)15-14(18)13(17)8-11(19-15)9-24-25(21,22)12-6-4-10(2)5-7-12;1-3-23-16(20)13-8-12(17)15(18)14(19-13)9-24-25(21,22)11-6-4-10(2)5-7-11/h2*4-8H,3,9H2,1-2H3. The molecule has 2 heterocycles. The number of aryl methyl sites for hydroxylation is 2. The smallest absolute Gasteiger partial charge is 0.358 e. The molecule has 2 aromatic carbocycles. The van der Waals surface area contributed by atoms with Crippen molar-refractivity contribution in [2.75, 3.05) is 13.2 Å². The van der Waals surface area contributed by atoms with E-state index in [1.54, 1.807) is 38.1 Å². The number of carbonyl (C=O) groups excluding carboxylic acids is 2. The summed E-state index contributed by atoms with van der Waals surface area (Å²) < 4.78 is 69.5. The van der Waals surface area contributed by atoms with Gasteiger partial charge in [-0.3, -0.25) is 8.37 Å². The summed E-state index contributed by atoms with van der Waals surface area (Å²) in [6.45, 7) is 6.61. The average molecular weight is 897 g/mol. The summed E-state index contributed by atoms with van der Waals surface area (Å²) in [6, 6.07) is 15.4. The van der Waals surface area contributed by atoms with E-state index in [2.05, 4.69) is 41.8 Å². The van der Waals surface area contributed by atoms with Gasteiger partial charge in [0, 0.05) is 8.95 Å². The predicted octanol–water partition coefficient (Wildman–Crippen LogP) is 7.78. The first-order valence-electron chi connectivity index (χ1n) is 14.4. The minimum absolute atomic E-state index is 0.00413. The summed E-state index contributed by atoms with van der Waals surface area (Å²) >= 11 is 18.5. The molecule has 0 spiro atoms. The second-order valence-electron chi connectivity index (χ2n) is 10.0. The molecule has 4 aromatic rings. The fourth-order valence-corrected chi connectivity index (χ4v) is 6.70. The van der Waals surface area contributed by atoms with Crippen molar-refractivity contribution in [1.82, 2.24) is 9.97 Å². The molecule has 268 valence electrons. The van der Waals surface area contributed by atoms with E-state index in [-0.39, 0.29) is 62.4 Å². The second kappa shape index (κ2) is 18.5. The molecule has 12 nitrogen and oxygen atoms in total. The number of ether oxygens (including phenoxy) is 2. The molecule has 50 heavy (non-hydrogen) atoms. The van der Waals surface area contributed by atoms with Gasteiger partial charge in [-0.25, -0.2) is 19.6 Å². The van der Waals surface area contributed by atoms with Crippen LogP contribution in [0.15, 0.2) is 79.4 Å². The number of hydrogen-bond acceptors (Lipinski definition) is 12. The molecule has 0 aliphatic heterocycles. The Balaban J connectivity index is 0.000000270. The molecule has 0 atom stereocenters. The quantitative estimate of drug-likeness (QED) is 0.100. The van der Waals surface area contributed by atoms with Gasteiger partial charge in [0.15, 0.2) is 5.69 Å². The van der Waals surface area contributed by atoms with Crippen LogP contribution in [0.3, 0.4) is 0 Å². The van der Waals surface area contributed by atoms with Crippen molar-refractivity contribution in [3.8, 4) is 0 Å². The van der Waals surface area contributed by atoms with Crippen molar-refractivity contribution in [2.45, 2.75) is 50.7 Å². The molecule has 0 aliphatic rings. The maximum atomic E-state index is 12.2. The van der Waals surface area contributed by atoms with Crippen LogP contribution in [0.2, 0.25) is 10.0 Å². The molecule has 0 aliphatic carbocycles. The van der Waals surface area contributed by atoms with Gasteiger partial charge in [0.2, 0.25) is 0 Å². The highest BCUT2D eigenvalue weighted by Crippen LogP contribution is 2.29. The molecule has 0 unspecified atom stereocenters. The lowest BCUT2D eigenvalue weighted by Crippen LogP contribution is -2.12. The van der Waals surface area contributed by atoms with E-state index < -0.39 is 38.8 Å². The Kier molecular flexibility index (Phi) is 15.3. The number of rotatable bonds is 12. The minimum atomic E-state index is -3.98. The number of halogens is 4. The Hall–Kier alpha value is -2.96. The lowest BCUT2D eigenvalue weighted by Gasteiger charge is -2.10. The van der Waals surface area contributed by atoms with Crippen molar-refractivity contribution in [2.24, 2.45) is 0 Å². The highest BCUT2D eigenvalue weighted by Gasteiger charge is 2.22. The fourth-order valence-electron chi connectivity index (χ4n) is 3.73. The third-order valence-electron chi connectivity index (χ3n) is 6.23. The summed E-state index contributed by atoms with van der Waals surface area (Å²) in [6.07, 6.45) is 0. The topological polar surface area (TPSA) is 165 Å². The van der Waals surface area contributed by atoms with Crippen LogP contribution in [0.1, 0.15) is 57.3 Å². The SMILES string of the molecule is CCOC(=O)c1cc(Br)c(Cl)c(COS(=O)(=O)c2ccc(C)cc2)n1.CCOC(=O)c1nc(COS(=O)(=O)c2ccc(C)cc2)cc(Br)c1Cl. The molecule has 0 bridgehead atoms. The first-order chi connectivity index (χ1) is 23.5. The van der Waals surface area contributed by atoms with Crippen molar-refractivity contribution in [3.63, 3.8) is 0 Å². The zero-order valence-corrected chi connectivity index (χ0v) is 33.2. The average Bonchev–Trinajstić information content (AvgIpc) is 3.06. The first kappa shape index (κ1) is 41.5. The van der Waals surface area contributed by atoms with Crippen LogP contribution in [0.4, 0.5) is 0 Å². The van der Waals surface area contributed by atoms with Crippen LogP contribution in [-0.2, 0) is 51.3 Å². The maximum Gasteiger partial charge on any atom is 0.358 e. The lowest BCUT2D eigenvalue weighted by atomic mass is 10.2. The zero-order valence-electron chi connectivity index (χ0n) is 26.9. The third kappa shape index (κ3) is 11.5. The molecule has 0 saturated heterocycles. The van der Waals surface area contributed by atoms with Crippen LogP contribution >= 0.6 is 55.1 Å². The van der Waals surface area contributed by atoms with Crippen LogP contribution < -0.4 is 0 Å². The Labute approximate surface area is 316 Å². The third-order valence-corrected chi connectivity index (χ3v) is 11.3. The van der Waals surface area contributed by atoms with Crippen LogP contribution in [0.5, 0.6) is 0 Å². The van der Waals surface area contributed by atoms with Crippen LogP contribution in [0.25, 0.3) is 0 Å². The fraction of sp³-hybridized carbons (Fsp3) is 0.250. The van der Waals surface area contributed by atoms with Gasteiger partial charge in [-0.15, -0.1) is 0 Å². The molecule has 2 aromatic heterocycles. The molecular formula is C32H30Br2Cl2N2O10S2. The van der Waals surface area contributed by atoms with E-state index in [1.165, 1.54) is 36.4 Å². The summed E-state index contributed by atoms with van der Waals surface area (Å²) in [4.78, 5) is 31.8. The van der Waals surface area contributed by atoms with Crippen LogP contribution in [0, 0.1) is 13.8 Å². The number of hydrogen-bond donors (Lipinski definition) is 0. The Bertz CT molecular complexity index is 2070. The van der Waals surface area contributed by atoms with E-state index in [0.717, 1.165) is 11.1 Å². The monoisotopic (exact) mass is 894 g/mol. The van der Waals surface area contributed by atoms with Crippen molar-refractivity contribution in [3.05, 3.63) is 114 Å². The number of pyridine rings is 2. The molecule has 18 heteroatoms. The molecule has 0 amide bonds. The number of carbonyl (C=O) groups is 2. The Morgan fingerprint density at radius 1 is 0.680 bits per heavy atom. The zero-order chi connectivity index (χ0) is 37.2. The van der Waals surface area contributed by atoms with Crippen molar-refractivity contribution >= 4 is 87.2 Å². The van der Waals surface area contributed by atoms with E-state index in [4.69, 9.17) is 41.0 Å². The largest absolute Gasteiger partial charge is 0.461 e. The van der Waals surface area contributed by atoms with Crippen molar-refractivity contribution in [1.29, 1.82) is 0 Å². The van der Waals surface area contributed by atoms with Gasteiger partial charge in [-0.1, -0.05) is 58.6 Å². The van der Waals surface area contributed by atoms with Gasteiger partial charge < -0.3 is 9.47 Å². The molecule has 0 fully saturated rings. The Morgan fingerprint density at radius 2 is 1.14 bits per heavy atom. The summed E-state index contributed by atoms with van der Waals surface area (Å²) in [5, 5.41) is 0.246. The van der Waals surface area contributed by atoms with Gasteiger partial charge in [0.1, 0.15) is 18.9 Å². The number of nitrogens with zero attached hydrogens (tertiary/aromatic N) is 2. The van der Waals surface area contributed by atoms with E-state index in [0.29, 0.717) is 8.95 Å². The van der Waals surface area contributed by atoms with Gasteiger partial charge in [-0.05, 0) is 96.0 Å². The molecule has 4 rings (SSSR count). The van der Waals surface area contributed by atoms with Gasteiger partial charge >= 0.3 is 11.9 Å². The van der Waals surface area contributed by atoms with Crippen LogP contribution in [-0.4, -0.2) is 52.0 Å². The number of aromatic nitrogens is 2. The predicted molar refractivity (Wildman–Crippen MR) is 192 cm³/mol. The van der Waals surface area contributed by atoms with E-state index in [1.807, 2.05) is 13.8 Å².